The molecule has 0 aliphatic heterocycles. The third kappa shape index (κ3) is 4.56. The number of anilines is 1. The Hall–Kier alpha value is -1.50. The molecule has 0 atom stereocenters. The van der Waals surface area contributed by atoms with E-state index in [0.29, 0.717) is 36.0 Å². The van der Waals surface area contributed by atoms with Gasteiger partial charge in [0.25, 0.3) is 0 Å². The maximum absolute atomic E-state index is 11.5. The summed E-state index contributed by atoms with van der Waals surface area (Å²) in [6.07, 6.45) is 1.72. The summed E-state index contributed by atoms with van der Waals surface area (Å²) in [6.45, 7) is 0.504. The van der Waals surface area contributed by atoms with Crippen molar-refractivity contribution in [1.29, 1.82) is 0 Å². The first kappa shape index (κ1) is 14.9. The van der Waals surface area contributed by atoms with Gasteiger partial charge >= 0.3 is 0 Å². The first-order valence-electron chi connectivity index (χ1n) is 6.24. The molecule has 20 heavy (non-hydrogen) atoms. The van der Waals surface area contributed by atoms with Gasteiger partial charge in [-0.05, 0) is 30.7 Å². The van der Waals surface area contributed by atoms with Crippen molar-refractivity contribution in [2.24, 2.45) is 5.73 Å². The van der Waals surface area contributed by atoms with Crippen LogP contribution in [0.2, 0.25) is 5.02 Å². The zero-order chi connectivity index (χ0) is 14.4. The van der Waals surface area contributed by atoms with E-state index in [1.807, 2.05) is 24.3 Å². The Balaban J connectivity index is 1.93. The number of nitrogens with zero attached hydrogens (tertiary/aromatic N) is 2. The predicted octanol–water partition coefficient (Wildman–Crippen LogP) is 2.46. The van der Waals surface area contributed by atoms with Crippen LogP contribution in [0.5, 0.6) is 0 Å². The quantitative estimate of drug-likeness (QED) is 0.858. The van der Waals surface area contributed by atoms with Crippen LogP contribution in [0.15, 0.2) is 24.3 Å². The molecule has 0 aliphatic rings. The van der Waals surface area contributed by atoms with Crippen LogP contribution in [0.25, 0.3) is 0 Å². The molecule has 5 nitrogen and oxygen atoms in total. The smallest absolute Gasteiger partial charge is 0.226 e. The molecule has 7 heteroatoms. The average Bonchev–Trinajstić information content (AvgIpc) is 2.83. The summed E-state index contributed by atoms with van der Waals surface area (Å²) in [5, 5.41) is 12.8. The standard InChI is InChI=1S/C13H15ClN4OS/c14-10-4-1-3-9(7-10)8-12-17-18-13(20-12)16-11(19)5-2-6-15/h1,3-4,7H,2,5-6,8,15H2,(H,16,18,19). The highest BCUT2D eigenvalue weighted by atomic mass is 35.5. The third-order valence-electron chi connectivity index (χ3n) is 2.57. The van der Waals surface area contributed by atoms with Crippen LogP contribution in [0, 0.1) is 0 Å². The Morgan fingerprint density at radius 2 is 2.25 bits per heavy atom. The summed E-state index contributed by atoms with van der Waals surface area (Å²) in [5.74, 6) is -0.0825. The van der Waals surface area contributed by atoms with E-state index in [1.54, 1.807) is 0 Å². The summed E-state index contributed by atoms with van der Waals surface area (Å²) in [7, 11) is 0. The van der Waals surface area contributed by atoms with Gasteiger partial charge in [-0.2, -0.15) is 0 Å². The molecule has 1 heterocycles. The topological polar surface area (TPSA) is 80.9 Å². The lowest BCUT2D eigenvalue weighted by atomic mass is 10.2. The van der Waals surface area contributed by atoms with E-state index in [0.717, 1.165) is 10.6 Å². The summed E-state index contributed by atoms with van der Waals surface area (Å²) >= 11 is 7.30. The lowest BCUT2D eigenvalue weighted by Crippen LogP contribution is -2.13. The Labute approximate surface area is 126 Å². The molecule has 0 radical (unpaired) electrons. The summed E-state index contributed by atoms with van der Waals surface area (Å²) in [4.78, 5) is 11.5. The fourth-order valence-electron chi connectivity index (χ4n) is 1.64. The molecule has 1 aromatic heterocycles. The number of hydrogen-bond donors (Lipinski definition) is 2. The summed E-state index contributed by atoms with van der Waals surface area (Å²) in [5.41, 5.74) is 6.42. The molecule has 0 bridgehead atoms. The molecular formula is C13H15ClN4OS. The third-order valence-corrected chi connectivity index (χ3v) is 3.64. The molecule has 0 unspecified atom stereocenters. The van der Waals surface area contributed by atoms with Gasteiger partial charge in [0.15, 0.2) is 0 Å². The van der Waals surface area contributed by atoms with Crippen molar-refractivity contribution in [3.05, 3.63) is 39.9 Å². The molecule has 3 N–H and O–H groups in total. The summed E-state index contributed by atoms with van der Waals surface area (Å²) in [6, 6.07) is 7.59. The molecule has 0 saturated heterocycles. The monoisotopic (exact) mass is 310 g/mol. The molecule has 1 amide bonds. The first-order chi connectivity index (χ1) is 9.67. The van der Waals surface area contributed by atoms with E-state index >= 15 is 0 Å². The van der Waals surface area contributed by atoms with Crippen molar-refractivity contribution in [2.75, 3.05) is 11.9 Å². The zero-order valence-electron chi connectivity index (χ0n) is 10.8. The van der Waals surface area contributed by atoms with Crippen LogP contribution in [-0.4, -0.2) is 22.6 Å². The van der Waals surface area contributed by atoms with E-state index in [9.17, 15) is 4.79 Å². The number of carbonyl (C=O) groups excluding carboxylic acids is 1. The Kier molecular flexibility index (Phi) is 5.46. The number of aromatic nitrogens is 2. The van der Waals surface area contributed by atoms with Gasteiger partial charge in [-0.3, -0.25) is 4.79 Å². The highest BCUT2D eigenvalue weighted by Crippen LogP contribution is 2.20. The van der Waals surface area contributed by atoms with E-state index in [1.165, 1.54) is 11.3 Å². The number of amides is 1. The lowest BCUT2D eigenvalue weighted by Gasteiger charge is -1.99. The normalized spacial score (nSPS) is 10.5. The Morgan fingerprint density at radius 1 is 1.40 bits per heavy atom. The largest absolute Gasteiger partial charge is 0.330 e. The predicted molar refractivity (Wildman–Crippen MR) is 81.1 cm³/mol. The second-order valence-corrected chi connectivity index (χ2v) is 5.75. The van der Waals surface area contributed by atoms with Crippen LogP contribution in [0.3, 0.4) is 0 Å². The van der Waals surface area contributed by atoms with Crippen molar-refractivity contribution >= 4 is 34.0 Å². The molecular weight excluding hydrogens is 296 g/mol. The number of nitrogens with one attached hydrogen (secondary N) is 1. The number of nitrogens with two attached hydrogens (primary N) is 1. The molecule has 0 saturated carbocycles. The molecule has 1 aromatic carbocycles. The van der Waals surface area contributed by atoms with Gasteiger partial charge in [0, 0.05) is 17.9 Å². The van der Waals surface area contributed by atoms with Crippen LogP contribution >= 0.6 is 22.9 Å². The lowest BCUT2D eigenvalue weighted by molar-refractivity contribution is -0.116. The van der Waals surface area contributed by atoms with Gasteiger partial charge in [-0.15, -0.1) is 10.2 Å². The van der Waals surface area contributed by atoms with Crippen molar-refractivity contribution in [3.8, 4) is 0 Å². The highest BCUT2D eigenvalue weighted by Gasteiger charge is 2.08. The minimum absolute atomic E-state index is 0.0825. The van der Waals surface area contributed by atoms with Crippen molar-refractivity contribution in [1.82, 2.24) is 10.2 Å². The summed E-state index contributed by atoms with van der Waals surface area (Å²) < 4.78 is 0. The molecule has 2 rings (SSSR count). The number of benzene rings is 1. The number of carbonyl (C=O) groups is 1. The fraction of sp³-hybridized carbons (Fsp3) is 0.308. The van der Waals surface area contributed by atoms with Crippen LogP contribution in [0.1, 0.15) is 23.4 Å². The van der Waals surface area contributed by atoms with Gasteiger partial charge < -0.3 is 11.1 Å². The van der Waals surface area contributed by atoms with Crippen molar-refractivity contribution in [2.45, 2.75) is 19.3 Å². The maximum Gasteiger partial charge on any atom is 0.226 e. The first-order valence-corrected chi connectivity index (χ1v) is 7.43. The van der Waals surface area contributed by atoms with Crippen LogP contribution in [-0.2, 0) is 11.2 Å². The van der Waals surface area contributed by atoms with Crippen LogP contribution in [0.4, 0.5) is 5.13 Å². The van der Waals surface area contributed by atoms with Gasteiger partial charge in [-0.1, -0.05) is 35.1 Å². The van der Waals surface area contributed by atoms with E-state index in [-0.39, 0.29) is 5.91 Å². The second-order valence-electron chi connectivity index (χ2n) is 4.25. The minimum atomic E-state index is -0.0825. The highest BCUT2D eigenvalue weighted by molar-refractivity contribution is 7.15. The molecule has 2 aromatic rings. The second kappa shape index (κ2) is 7.33. The van der Waals surface area contributed by atoms with Gasteiger partial charge in [0.1, 0.15) is 5.01 Å². The molecule has 106 valence electrons. The van der Waals surface area contributed by atoms with Crippen molar-refractivity contribution < 1.29 is 4.79 Å². The molecule has 0 fully saturated rings. The number of rotatable bonds is 6. The minimum Gasteiger partial charge on any atom is -0.330 e. The van der Waals surface area contributed by atoms with Gasteiger partial charge in [0.2, 0.25) is 11.0 Å². The van der Waals surface area contributed by atoms with Gasteiger partial charge in [-0.25, -0.2) is 0 Å². The SMILES string of the molecule is NCCCC(=O)Nc1nnc(Cc2cccc(Cl)c2)s1. The van der Waals surface area contributed by atoms with Crippen molar-refractivity contribution in [3.63, 3.8) is 0 Å². The van der Waals surface area contributed by atoms with E-state index < -0.39 is 0 Å². The average molecular weight is 311 g/mol. The number of halogens is 1. The Morgan fingerprint density at radius 3 is 3.00 bits per heavy atom. The van der Waals surface area contributed by atoms with E-state index in [2.05, 4.69) is 15.5 Å². The van der Waals surface area contributed by atoms with E-state index in [4.69, 9.17) is 17.3 Å². The Bertz CT molecular complexity index is 587. The molecule has 0 spiro atoms. The van der Waals surface area contributed by atoms with Crippen LogP contribution < -0.4 is 11.1 Å². The van der Waals surface area contributed by atoms with Gasteiger partial charge in [0.05, 0.1) is 0 Å². The zero-order valence-corrected chi connectivity index (χ0v) is 12.4. The molecule has 0 aliphatic carbocycles. The number of hydrogen-bond acceptors (Lipinski definition) is 5. The fourth-order valence-corrected chi connectivity index (χ4v) is 2.64. The maximum atomic E-state index is 11.5.